The molecule has 1 amide bonds. The average Bonchev–Trinajstić information content (AvgIpc) is 3.16. The Morgan fingerprint density at radius 2 is 1.55 bits per heavy atom. The maximum absolute atomic E-state index is 13.3. The van der Waals surface area contributed by atoms with Crippen LogP contribution in [-0.2, 0) is 16.1 Å². The van der Waals surface area contributed by atoms with Gasteiger partial charge in [0.2, 0.25) is 0 Å². The average molecular weight is 516 g/mol. The Labute approximate surface area is 220 Å². The minimum atomic E-state index is -1.06. The van der Waals surface area contributed by atoms with Crippen molar-refractivity contribution >= 4 is 23.4 Å². The number of nitrogens with zero attached hydrogens (tertiary/aromatic N) is 1. The van der Waals surface area contributed by atoms with Crippen molar-refractivity contribution in [3.8, 4) is 11.5 Å². The number of likely N-dealkylation sites (tertiary alicyclic amines) is 1. The maximum Gasteiger partial charge on any atom is 0.335 e. The number of rotatable bonds is 9. The number of benzene rings is 3. The van der Waals surface area contributed by atoms with E-state index in [0.717, 1.165) is 0 Å². The van der Waals surface area contributed by atoms with Gasteiger partial charge in [-0.15, -0.1) is 0 Å². The van der Waals surface area contributed by atoms with Crippen LogP contribution >= 0.6 is 0 Å². The van der Waals surface area contributed by atoms with Gasteiger partial charge in [0.25, 0.3) is 11.7 Å². The monoisotopic (exact) mass is 515 g/mol. The van der Waals surface area contributed by atoms with Crippen LogP contribution in [0.25, 0.3) is 5.76 Å². The fourth-order valence-electron chi connectivity index (χ4n) is 4.34. The molecular weight excluding hydrogens is 486 g/mol. The van der Waals surface area contributed by atoms with Gasteiger partial charge < -0.3 is 24.6 Å². The zero-order valence-corrected chi connectivity index (χ0v) is 21.4. The fourth-order valence-corrected chi connectivity index (χ4v) is 4.34. The quantitative estimate of drug-likeness (QED) is 0.233. The number of ether oxygens (including phenoxy) is 2. The van der Waals surface area contributed by atoms with Crippen LogP contribution < -0.4 is 9.47 Å². The van der Waals surface area contributed by atoms with Crippen molar-refractivity contribution in [3.05, 3.63) is 101 Å². The number of hydrogen-bond acceptors (Lipinski definition) is 6. The lowest BCUT2D eigenvalue weighted by Gasteiger charge is -2.26. The minimum Gasteiger partial charge on any atom is -0.507 e. The second kappa shape index (κ2) is 11.2. The van der Waals surface area contributed by atoms with E-state index in [1.54, 1.807) is 60.7 Å². The maximum atomic E-state index is 13.3. The van der Waals surface area contributed by atoms with Crippen LogP contribution in [0.2, 0.25) is 0 Å². The van der Waals surface area contributed by atoms with Gasteiger partial charge >= 0.3 is 5.97 Å². The van der Waals surface area contributed by atoms with Crippen molar-refractivity contribution in [3.63, 3.8) is 0 Å². The molecule has 1 aliphatic rings. The van der Waals surface area contributed by atoms with Crippen molar-refractivity contribution in [1.29, 1.82) is 0 Å². The zero-order chi connectivity index (χ0) is 27.4. The van der Waals surface area contributed by atoms with E-state index in [9.17, 15) is 24.6 Å². The van der Waals surface area contributed by atoms with Crippen molar-refractivity contribution in [2.75, 3.05) is 13.7 Å². The summed E-state index contributed by atoms with van der Waals surface area (Å²) in [6, 6.07) is 18.8. The summed E-state index contributed by atoms with van der Waals surface area (Å²) in [4.78, 5) is 39.2. The molecule has 1 heterocycles. The summed E-state index contributed by atoms with van der Waals surface area (Å²) < 4.78 is 11.2. The van der Waals surface area contributed by atoms with Crippen LogP contribution in [0.5, 0.6) is 11.5 Å². The summed E-state index contributed by atoms with van der Waals surface area (Å²) in [5.74, 6) is -1.54. The Morgan fingerprint density at radius 1 is 0.921 bits per heavy atom. The molecule has 0 aromatic heterocycles. The summed E-state index contributed by atoms with van der Waals surface area (Å²) in [6.07, 6.45) is 0. The lowest BCUT2D eigenvalue weighted by atomic mass is 9.94. The lowest BCUT2D eigenvalue weighted by molar-refractivity contribution is -0.140. The van der Waals surface area contributed by atoms with Gasteiger partial charge in [0, 0.05) is 17.7 Å². The largest absolute Gasteiger partial charge is 0.507 e. The number of amides is 1. The molecule has 4 rings (SSSR count). The number of carboxylic acid groups (broad SMARTS) is 1. The third-order valence-electron chi connectivity index (χ3n) is 6.24. The van der Waals surface area contributed by atoms with E-state index in [4.69, 9.17) is 9.47 Å². The van der Waals surface area contributed by atoms with E-state index in [1.165, 1.54) is 24.1 Å². The number of para-hydroxylation sites is 1. The van der Waals surface area contributed by atoms with Crippen LogP contribution in [0.3, 0.4) is 0 Å². The fraction of sp³-hybridized carbons (Fsp3) is 0.233. The Kier molecular flexibility index (Phi) is 7.81. The summed E-state index contributed by atoms with van der Waals surface area (Å²) >= 11 is 0. The minimum absolute atomic E-state index is 0.0198. The normalized spacial score (nSPS) is 16.6. The Balaban J connectivity index is 1.78. The highest BCUT2D eigenvalue weighted by molar-refractivity contribution is 6.46. The molecule has 38 heavy (non-hydrogen) atoms. The number of carboxylic acids is 1. The number of carbonyl (C=O) groups excluding carboxylic acids is 2. The summed E-state index contributed by atoms with van der Waals surface area (Å²) in [6.45, 7) is 4.64. The van der Waals surface area contributed by atoms with E-state index >= 15 is 0 Å². The molecule has 1 atom stereocenters. The highest BCUT2D eigenvalue weighted by atomic mass is 16.5. The van der Waals surface area contributed by atoms with E-state index in [0.29, 0.717) is 40.7 Å². The molecule has 196 valence electrons. The van der Waals surface area contributed by atoms with Crippen molar-refractivity contribution in [2.45, 2.75) is 26.4 Å². The summed E-state index contributed by atoms with van der Waals surface area (Å²) in [7, 11) is 1.49. The Morgan fingerprint density at radius 3 is 2.16 bits per heavy atom. The summed E-state index contributed by atoms with van der Waals surface area (Å²) in [5.41, 5.74) is 1.58. The molecule has 1 saturated heterocycles. The third-order valence-corrected chi connectivity index (χ3v) is 6.24. The molecule has 0 spiro atoms. The molecular formula is C30H29NO7. The molecule has 0 aliphatic carbocycles. The molecule has 1 fully saturated rings. The molecule has 0 bridgehead atoms. The van der Waals surface area contributed by atoms with Crippen LogP contribution in [0, 0.1) is 5.92 Å². The number of Topliss-reactive ketones (excluding diaryl/α,β-unsaturated/α-hetero) is 1. The molecule has 0 radical (unpaired) electrons. The number of aliphatic hydroxyl groups excluding tert-OH is 1. The van der Waals surface area contributed by atoms with Crippen molar-refractivity contribution in [1.82, 2.24) is 4.90 Å². The van der Waals surface area contributed by atoms with E-state index < -0.39 is 23.7 Å². The molecule has 0 saturated carbocycles. The smallest absolute Gasteiger partial charge is 0.335 e. The van der Waals surface area contributed by atoms with E-state index in [1.807, 2.05) is 13.8 Å². The first-order valence-electron chi connectivity index (χ1n) is 12.2. The highest BCUT2D eigenvalue weighted by Gasteiger charge is 2.47. The van der Waals surface area contributed by atoms with Gasteiger partial charge in [0.15, 0.2) is 0 Å². The lowest BCUT2D eigenvalue weighted by Crippen LogP contribution is -2.29. The van der Waals surface area contributed by atoms with Gasteiger partial charge in [-0.05, 0) is 53.9 Å². The number of methoxy groups -OCH3 is 1. The molecule has 3 aromatic rings. The third kappa shape index (κ3) is 5.39. The van der Waals surface area contributed by atoms with E-state index in [-0.39, 0.29) is 23.4 Å². The SMILES string of the molecule is COc1ccccc1C1/C(=C(\O)c2ccc(OCC(C)C)cc2)C(=O)C(=O)N1Cc1ccc(C(=O)O)cc1. The van der Waals surface area contributed by atoms with Gasteiger partial charge in [0.1, 0.15) is 17.3 Å². The van der Waals surface area contributed by atoms with Gasteiger partial charge in [-0.2, -0.15) is 0 Å². The van der Waals surface area contributed by atoms with Gasteiger partial charge in [-0.3, -0.25) is 9.59 Å². The number of aliphatic hydroxyl groups is 1. The van der Waals surface area contributed by atoms with Crippen molar-refractivity contribution in [2.24, 2.45) is 5.92 Å². The Hall–Kier alpha value is -4.59. The zero-order valence-electron chi connectivity index (χ0n) is 21.4. The molecule has 8 heteroatoms. The predicted molar refractivity (Wildman–Crippen MR) is 141 cm³/mol. The topological polar surface area (TPSA) is 113 Å². The predicted octanol–water partition coefficient (Wildman–Crippen LogP) is 5.05. The number of hydrogen-bond donors (Lipinski definition) is 2. The molecule has 3 aromatic carbocycles. The second-order valence-corrected chi connectivity index (χ2v) is 9.40. The first kappa shape index (κ1) is 26.5. The van der Waals surface area contributed by atoms with Gasteiger partial charge in [-0.1, -0.05) is 44.2 Å². The Bertz CT molecular complexity index is 1370. The standard InChI is InChI=1S/C30H29NO7/c1-18(2)17-38-22-14-12-20(13-15-22)27(32)25-26(23-6-4-5-7-24(23)37-3)31(29(34)28(25)33)16-19-8-10-21(11-9-19)30(35)36/h4-15,18,26,32H,16-17H2,1-3H3,(H,35,36)/b27-25+. The van der Waals surface area contributed by atoms with Crippen LogP contribution in [0.1, 0.15) is 46.9 Å². The molecule has 1 aliphatic heterocycles. The van der Waals surface area contributed by atoms with Crippen LogP contribution in [-0.4, -0.2) is 46.5 Å². The number of ketones is 1. The molecule has 2 N–H and O–H groups in total. The van der Waals surface area contributed by atoms with Crippen LogP contribution in [0.15, 0.2) is 78.4 Å². The number of aromatic carboxylic acids is 1. The number of carbonyl (C=O) groups is 3. The van der Waals surface area contributed by atoms with Crippen LogP contribution in [0.4, 0.5) is 0 Å². The summed E-state index contributed by atoms with van der Waals surface area (Å²) in [5, 5.41) is 20.5. The van der Waals surface area contributed by atoms with Crippen molar-refractivity contribution < 1.29 is 34.1 Å². The highest BCUT2D eigenvalue weighted by Crippen LogP contribution is 2.43. The van der Waals surface area contributed by atoms with Gasteiger partial charge in [0.05, 0.1) is 30.9 Å². The first-order chi connectivity index (χ1) is 18.2. The molecule has 1 unspecified atom stereocenters. The molecule has 8 nitrogen and oxygen atoms in total. The van der Waals surface area contributed by atoms with E-state index in [2.05, 4.69) is 0 Å². The first-order valence-corrected chi connectivity index (χ1v) is 12.2. The second-order valence-electron chi connectivity index (χ2n) is 9.40. The van der Waals surface area contributed by atoms with Gasteiger partial charge in [-0.25, -0.2) is 4.79 Å².